The number of nitrogens with zero attached hydrogens (tertiary/aromatic N) is 3. The van der Waals surface area contributed by atoms with Gasteiger partial charge in [-0.15, -0.1) is 0 Å². The topological polar surface area (TPSA) is 101 Å². The highest BCUT2D eigenvalue weighted by atomic mass is 16.7. The lowest BCUT2D eigenvalue weighted by Gasteiger charge is -2.10. The largest absolute Gasteiger partial charge is 0.508 e. The van der Waals surface area contributed by atoms with Crippen LogP contribution in [0.5, 0.6) is 23.0 Å². The lowest BCUT2D eigenvalue weighted by Crippen LogP contribution is -1.97. The molecule has 0 bridgehead atoms. The first-order valence-electron chi connectivity index (χ1n) is 8.20. The van der Waals surface area contributed by atoms with Crippen LogP contribution >= 0.6 is 0 Å². The van der Waals surface area contributed by atoms with Crippen LogP contribution < -0.4 is 14.8 Å². The molecule has 0 spiro atoms. The molecule has 27 heavy (non-hydrogen) atoms. The number of aromatic hydroxyl groups is 2. The fourth-order valence-corrected chi connectivity index (χ4v) is 3.05. The summed E-state index contributed by atoms with van der Waals surface area (Å²) in [4.78, 5) is 8.68. The van der Waals surface area contributed by atoms with Crippen LogP contribution in [0.4, 0.5) is 11.5 Å². The molecule has 2 aromatic heterocycles. The molecule has 0 aliphatic carbocycles. The van der Waals surface area contributed by atoms with Gasteiger partial charge in [0.25, 0.3) is 0 Å². The Hall–Kier alpha value is -3.94. The summed E-state index contributed by atoms with van der Waals surface area (Å²) in [6, 6.07) is 9.93. The molecule has 0 saturated carbocycles. The Morgan fingerprint density at radius 3 is 2.81 bits per heavy atom. The number of hydrogen-bond acceptors (Lipinski definition) is 7. The van der Waals surface area contributed by atoms with E-state index in [2.05, 4.69) is 15.3 Å². The van der Waals surface area contributed by atoms with E-state index in [1.165, 1.54) is 12.1 Å². The van der Waals surface area contributed by atoms with Crippen molar-refractivity contribution >= 4 is 17.2 Å². The third-order valence-corrected chi connectivity index (χ3v) is 4.30. The summed E-state index contributed by atoms with van der Waals surface area (Å²) in [6.45, 7) is 0.201. The lowest BCUT2D eigenvalue weighted by molar-refractivity contribution is 0.174. The van der Waals surface area contributed by atoms with E-state index in [4.69, 9.17) is 9.47 Å². The highest BCUT2D eigenvalue weighted by Crippen LogP contribution is 2.39. The number of benzene rings is 2. The second-order valence-corrected chi connectivity index (χ2v) is 6.01. The summed E-state index contributed by atoms with van der Waals surface area (Å²) in [7, 11) is 0. The average molecular weight is 362 g/mol. The molecule has 0 unspecified atom stereocenters. The number of phenols is 2. The van der Waals surface area contributed by atoms with Crippen LogP contribution in [-0.2, 0) is 0 Å². The number of aromatic nitrogens is 3. The Labute approximate surface area is 153 Å². The summed E-state index contributed by atoms with van der Waals surface area (Å²) in [5.74, 6) is 1.91. The van der Waals surface area contributed by atoms with E-state index in [1.807, 2.05) is 22.6 Å². The first kappa shape index (κ1) is 15.3. The molecule has 5 rings (SSSR count). The molecule has 0 fully saturated rings. The van der Waals surface area contributed by atoms with E-state index in [-0.39, 0.29) is 18.3 Å². The molecule has 2 aromatic carbocycles. The number of ether oxygens (including phenoxy) is 2. The van der Waals surface area contributed by atoms with E-state index in [9.17, 15) is 10.2 Å². The van der Waals surface area contributed by atoms with Crippen molar-refractivity contribution in [3.05, 3.63) is 55.0 Å². The van der Waals surface area contributed by atoms with Crippen molar-refractivity contribution in [1.29, 1.82) is 0 Å². The van der Waals surface area contributed by atoms with Crippen molar-refractivity contribution in [2.24, 2.45) is 0 Å². The van der Waals surface area contributed by atoms with Crippen molar-refractivity contribution in [3.63, 3.8) is 0 Å². The van der Waals surface area contributed by atoms with Gasteiger partial charge in [0.15, 0.2) is 17.1 Å². The van der Waals surface area contributed by atoms with Crippen LogP contribution in [0, 0.1) is 0 Å². The van der Waals surface area contributed by atoms with E-state index in [0.29, 0.717) is 34.2 Å². The molecule has 0 saturated heterocycles. The highest BCUT2D eigenvalue weighted by molar-refractivity contribution is 5.83. The van der Waals surface area contributed by atoms with Crippen LogP contribution in [-0.4, -0.2) is 31.4 Å². The second kappa shape index (κ2) is 5.80. The number of rotatable bonds is 3. The maximum Gasteiger partial charge on any atom is 0.231 e. The molecule has 0 radical (unpaired) electrons. The molecule has 8 nitrogen and oxygen atoms in total. The van der Waals surface area contributed by atoms with Gasteiger partial charge in [-0.05, 0) is 24.3 Å². The van der Waals surface area contributed by atoms with Gasteiger partial charge >= 0.3 is 0 Å². The summed E-state index contributed by atoms with van der Waals surface area (Å²) >= 11 is 0. The van der Waals surface area contributed by atoms with Crippen LogP contribution in [0.1, 0.15) is 0 Å². The number of phenolic OH excluding ortho intramolecular Hbond substituents is 2. The normalized spacial score (nSPS) is 12.4. The van der Waals surface area contributed by atoms with Crippen molar-refractivity contribution in [3.8, 4) is 34.3 Å². The van der Waals surface area contributed by atoms with Crippen LogP contribution in [0.2, 0.25) is 0 Å². The number of hydrogen-bond donors (Lipinski definition) is 3. The third-order valence-electron chi connectivity index (χ3n) is 4.30. The number of nitrogens with one attached hydrogen (secondary N) is 1. The molecule has 134 valence electrons. The molecule has 0 atom stereocenters. The standard InChI is InChI=1S/C19H14N4O4/c24-12-2-3-13(14(25)8-12)18-19(23-6-5-20-9-17(23)22-18)21-11-1-4-15-16(7-11)27-10-26-15/h1-9,21,24-25H,10H2. The smallest absolute Gasteiger partial charge is 0.231 e. The van der Waals surface area contributed by atoms with Gasteiger partial charge in [-0.3, -0.25) is 9.38 Å². The quantitative estimate of drug-likeness (QED) is 0.514. The first-order valence-corrected chi connectivity index (χ1v) is 8.20. The van der Waals surface area contributed by atoms with Crippen LogP contribution in [0.25, 0.3) is 16.9 Å². The minimum atomic E-state index is -0.0694. The molecular weight excluding hydrogens is 348 g/mol. The maximum atomic E-state index is 10.3. The predicted molar refractivity (Wildman–Crippen MR) is 97.6 cm³/mol. The molecule has 8 heteroatoms. The van der Waals surface area contributed by atoms with Gasteiger partial charge in [0.05, 0.1) is 6.20 Å². The van der Waals surface area contributed by atoms with E-state index in [1.54, 1.807) is 24.7 Å². The van der Waals surface area contributed by atoms with Gasteiger partial charge in [-0.25, -0.2) is 4.98 Å². The zero-order valence-electron chi connectivity index (χ0n) is 14.0. The Balaban J connectivity index is 1.66. The molecular formula is C19H14N4O4. The Morgan fingerprint density at radius 2 is 1.93 bits per heavy atom. The molecule has 0 amide bonds. The fraction of sp³-hybridized carbons (Fsp3) is 0.0526. The molecule has 3 heterocycles. The molecule has 4 aromatic rings. The summed E-state index contributed by atoms with van der Waals surface area (Å²) in [6.07, 6.45) is 5.06. The van der Waals surface area contributed by atoms with E-state index < -0.39 is 0 Å². The van der Waals surface area contributed by atoms with Crippen molar-refractivity contribution in [2.75, 3.05) is 12.1 Å². The summed E-state index contributed by atoms with van der Waals surface area (Å²) in [5.41, 5.74) is 2.40. The fourth-order valence-electron chi connectivity index (χ4n) is 3.05. The van der Waals surface area contributed by atoms with E-state index in [0.717, 1.165) is 5.69 Å². The Bertz CT molecular complexity index is 1170. The zero-order chi connectivity index (χ0) is 18.4. The van der Waals surface area contributed by atoms with Gasteiger partial charge in [-0.1, -0.05) is 0 Å². The predicted octanol–water partition coefficient (Wildman–Crippen LogP) is 3.28. The van der Waals surface area contributed by atoms with Gasteiger partial charge in [-0.2, -0.15) is 0 Å². The van der Waals surface area contributed by atoms with Gasteiger partial charge < -0.3 is 25.0 Å². The molecule has 3 N–H and O–H groups in total. The average Bonchev–Trinajstić information content (AvgIpc) is 3.26. The lowest BCUT2D eigenvalue weighted by atomic mass is 10.1. The number of fused-ring (bicyclic) bond motifs is 2. The zero-order valence-corrected chi connectivity index (χ0v) is 14.0. The number of anilines is 2. The van der Waals surface area contributed by atoms with Gasteiger partial charge in [0, 0.05) is 35.8 Å². The van der Waals surface area contributed by atoms with Crippen molar-refractivity contribution in [2.45, 2.75) is 0 Å². The molecule has 1 aliphatic rings. The van der Waals surface area contributed by atoms with Gasteiger partial charge in [0.2, 0.25) is 6.79 Å². The number of imidazole rings is 1. The Kier molecular flexibility index (Phi) is 3.29. The second-order valence-electron chi connectivity index (χ2n) is 6.01. The van der Waals surface area contributed by atoms with Gasteiger partial charge in [0.1, 0.15) is 23.0 Å². The summed E-state index contributed by atoms with van der Waals surface area (Å²) in [5, 5.41) is 23.2. The van der Waals surface area contributed by atoms with Crippen LogP contribution in [0.15, 0.2) is 55.0 Å². The highest BCUT2D eigenvalue weighted by Gasteiger charge is 2.19. The monoisotopic (exact) mass is 362 g/mol. The first-order chi connectivity index (χ1) is 13.2. The molecule has 1 aliphatic heterocycles. The van der Waals surface area contributed by atoms with Crippen molar-refractivity contribution in [1.82, 2.24) is 14.4 Å². The third kappa shape index (κ3) is 2.54. The van der Waals surface area contributed by atoms with Crippen molar-refractivity contribution < 1.29 is 19.7 Å². The SMILES string of the molecule is Oc1ccc(-c2nc3cnccn3c2Nc2ccc3c(c2)OCO3)c(O)c1. The Morgan fingerprint density at radius 1 is 1.04 bits per heavy atom. The van der Waals surface area contributed by atoms with E-state index >= 15 is 0 Å². The minimum Gasteiger partial charge on any atom is -0.508 e. The maximum absolute atomic E-state index is 10.3. The minimum absolute atomic E-state index is 0.0213. The van der Waals surface area contributed by atoms with Crippen LogP contribution in [0.3, 0.4) is 0 Å². The summed E-state index contributed by atoms with van der Waals surface area (Å²) < 4.78 is 12.6.